The SMILES string of the molecule is CC.Oc1cccc2[nH]ccc12. The third-order valence-electron chi connectivity index (χ3n) is 1.57. The number of aromatic amines is 1. The van der Waals surface area contributed by atoms with Crippen molar-refractivity contribution in [3.05, 3.63) is 30.5 Å². The van der Waals surface area contributed by atoms with Gasteiger partial charge in [-0.15, -0.1) is 0 Å². The fourth-order valence-electron chi connectivity index (χ4n) is 1.07. The molecule has 0 atom stereocenters. The highest BCUT2D eigenvalue weighted by Crippen LogP contribution is 2.22. The molecule has 0 spiro atoms. The van der Waals surface area contributed by atoms with Crippen molar-refractivity contribution in [3.8, 4) is 5.75 Å². The van der Waals surface area contributed by atoms with Crippen LogP contribution in [0.25, 0.3) is 10.9 Å². The lowest BCUT2D eigenvalue weighted by Crippen LogP contribution is -1.66. The van der Waals surface area contributed by atoms with E-state index in [0.717, 1.165) is 10.9 Å². The molecule has 0 aliphatic heterocycles. The molecule has 0 radical (unpaired) electrons. The highest BCUT2D eigenvalue weighted by molar-refractivity contribution is 5.85. The number of hydrogen-bond donors (Lipinski definition) is 2. The molecule has 0 fully saturated rings. The van der Waals surface area contributed by atoms with Crippen molar-refractivity contribution in [2.24, 2.45) is 0 Å². The maximum Gasteiger partial charge on any atom is 0.124 e. The van der Waals surface area contributed by atoms with Crippen LogP contribution in [0.4, 0.5) is 0 Å². The van der Waals surface area contributed by atoms with E-state index >= 15 is 0 Å². The number of phenolic OH excluding ortho intramolecular Hbond substituents is 1. The fourth-order valence-corrected chi connectivity index (χ4v) is 1.07. The van der Waals surface area contributed by atoms with Crippen molar-refractivity contribution >= 4 is 10.9 Å². The molecular weight excluding hydrogens is 150 g/mol. The van der Waals surface area contributed by atoms with Gasteiger partial charge in [0.05, 0.1) is 0 Å². The van der Waals surface area contributed by atoms with E-state index in [1.807, 2.05) is 38.2 Å². The molecule has 1 aromatic heterocycles. The molecule has 2 N–H and O–H groups in total. The summed E-state index contributed by atoms with van der Waals surface area (Å²) in [5, 5.41) is 10.1. The lowest BCUT2D eigenvalue weighted by molar-refractivity contribution is 0.482. The van der Waals surface area contributed by atoms with Gasteiger partial charge in [0.2, 0.25) is 0 Å². The van der Waals surface area contributed by atoms with Crippen LogP contribution in [0, 0.1) is 0 Å². The molecule has 2 heteroatoms. The predicted octanol–water partition coefficient (Wildman–Crippen LogP) is 2.90. The first-order chi connectivity index (χ1) is 5.88. The number of aromatic nitrogens is 1. The summed E-state index contributed by atoms with van der Waals surface area (Å²) in [7, 11) is 0. The van der Waals surface area contributed by atoms with E-state index in [2.05, 4.69) is 4.98 Å². The molecule has 0 bridgehead atoms. The van der Waals surface area contributed by atoms with Crippen molar-refractivity contribution in [2.45, 2.75) is 13.8 Å². The van der Waals surface area contributed by atoms with E-state index in [4.69, 9.17) is 0 Å². The van der Waals surface area contributed by atoms with Crippen LogP contribution in [-0.4, -0.2) is 10.1 Å². The maximum atomic E-state index is 9.24. The monoisotopic (exact) mass is 163 g/mol. The molecule has 0 aliphatic rings. The molecule has 2 rings (SSSR count). The number of hydrogen-bond acceptors (Lipinski definition) is 1. The largest absolute Gasteiger partial charge is 0.507 e. The Kier molecular flexibility index (Phi) is 2.75. The molecule has 12 heavy (non-hydrogen) atoms. The molecule has 0 aliphatic carbocycles. The minimum absolute atomic E-state index is 0.332. The summed E-state index contributed by atoms with van der Waals surface area (Å²) in [6.07, 6.45) is 1.81. The highest BCUT2D eigenvalue weighted by atomic mass is 16.3. The number of fused-ring (bicyclic) bond motifs is 1. The second-order valence-electron chi connectivity index (χ2n) is 2.22. The quantitative estimate of drug-likeness (QED) is 0.615. The van der Waals surface area contributed by atoms with Crippen LogP contribution in [0.3, 0.4) is 0 Å². The number of aromatic hydroxyl groups is 1. The van der Waals surface area contributed by atoms with Gasteiger partial charge in [-0.3, -0.25) is 0 Å². The van der Waals surface area contributed by atoms with Gasteiger partial charge >= 0.3 is 0 Å². The lowest BCUT2D eigenvalue weighted by Gasteiger charge is -1.91. The van der Waals surface area contributed by atoms with Gasteiger partial charge in [-0.2, -0.15) is 0 Å². The molecule has 0 unspecified atom stereocenters. The van der Waals surface area contributed by atoms with Gasteiger partial charge in [-0.05, 0) is 18.2 Å². The first-order valence-corrected chi connectivity index (χ1v) is 4.13. The number of benzene rings is 1. The van der Waals surface area contributed by atoms with Gasteiger partial charge in [-0.1, -0.05) is 19.9 Å². The number of phenols is 1. The molecule has 0 saturated heterocycles. The number of rotatable bonds is 0. The first kappa shape index (κ1) is 8.65. The number of H-pyrrole nitrogens is 1. The topological polar surface area (TPSA) is 36.0 Å². The highest BCUT2D eigenvalue weighted by Gasteiger charge is 1.96. The van der Waals surface area contributed by atoms with Gasteiger partial charge < -0.3 is 10.1 Å². The molecule has 0 amide bonds. The van der Waals surface area contributed by atoms with E-state index < -0.39 is 0 Å². The Hall–Kier alpha value is -1.44. The molecular formula is C10H13NO. The van der Waals surface area contributed by atoms with Crippen LogP contribution in [-0.2, 0) is 0 Å². The Labute approximate surface area is 71.9 Å². The Balaban J connectivity index is 0.000000336. The summed E-state index contributed by atoms with van der Waals surface area (Å²) in [5.74, 6) is 0.332. The minimum atomic E-state index is 0.332. The van der Waals surface area contributed by atoms with Crippen LogP contribution in [0.5, 0.6) is 5.75 Å². The predicted molar refractivity (Wildman–Crippen MR) is 51.3 cm³/mol. The van der Waals surface area contributed by atoms with E-state index in [1.165, 1.54) is 0 Å². The Bertz CT molecular complexity index is 351. The van der Waals surface area contributed by atoms with Gasteiger partial charge in [-0.25, -0.2) is 0 Å². The second kappa shape index (κ2) is 3.81. The molecule has 2 aromatic rings. The van der Waals surface area contributed by atoms with Gasteiger partial charge in [0.25, 0.3) is 0 Å². The zero-order valence-electron chi connectivity index (χ0n) is 7.33. The van der Waals surface area contributed by atoms with E-state index in [9.17, 15) is 5.11 Å². The molecule has 1 heterocycles. The normalized spacial score (nSPS) is 9.17. The summed E-state index contributed by atoms with van der Waals surface area (Å²) in [6, 6.07) is 7.27. The molecule has 1 aromatic carbocycles. The zero-order chi connectivity index (χ0) is 8.97. The van der Waals surface area contributed by atoms with E-state index in [-0.39, 0.29) is 0 Å². The maximum absolute atomic E-state index is 9.24. The van der Waals surface area contributed by atoms with E-state index in [0.29, 0.717) is 5.75 Å². The molecule has 2 nitrogen and oxygen atoms in total. The summed E-state index contributed by atoms with van der Waals surface area (Å²) in [6.45, 7) is 4.00. The fraction of sp³-hybridized carbons (Fsp3) is 0.200. The van der Waals surface area contributed by atoms with Crippen LogP contribution < -0.4 is 0 Å². The van der Waals surface area contributed by atoms with Crippen LogP contribution in [0.15, 0.2) is 30.5 Å². The Morgan fingerprint density at radius 3 is 2.58 bits per heavy atom. The smallest absolute Gasteiger partial charge is 0.124 e. The number of nitrogens with one attached hydrogen (secondary N) is 1. The third kappa shape index (κ3) is 1.42. The zero-order valence-corrected chi connectivity index (χ0v) is 7.33. The summed E-state index contributed by atoms with van der Waals surface area (Å²) >= 11 is 0. The van der Waals surface area contributed by atoms with Crippen LogP contribution >= 0.6 is 0 Å². The summed E-state index contributed by atoms with van der Waals surface area (Å²) in [5.41, 5.74) is 0.972. The van der Waals surface area contributed by atoms with Gasteiger partial charge in [0, 0.05) is 17.1 Å². The van der Waals surface area contributed by atoms with Crippen molar-refractivity contribution in [3.63, 3.8) is 0 Å². The van der Waals surface area contributed by atoms with Crippen molar-refractivity contribution in [1.82, 2.24) is 4.98 Å². The van der Waals surface area contributed by atoms with E-state index in [1.54, 1.807) is 6.07 Å². The second-order valence-corrected chi connectivity index (χ2v) is 2.22. The van der Waals surface area contributed by atoms with Crippen LogP contribution in [0.2, 0.25) is 0 Å². The third-order valence-corrected chi connectivity index (χ3v) is 1.57. The minimum Gasteiger partial charge on any atom is -0.507 e. The average Bonchev–Trinajstić information content (AvgIpc) is 2.57. The van der Waals surface area contributed by atoms with Crippen molar-refractivity contribution in [2.75, 3.05) is 0 Å². The standard InChI is InChI=1S/C8H7NO.C2H6/c10-8-3-1-2-7-6(8)4-5-9-7;1-2/h1-5,9-10H;1-2H3. The van der Waals surface area contributed by atoms with Gasteiger partial charge in [0.1, 0.15) is 5.75 Å². The lowest BCUT2D eigenvalue weighted by atomic mass is 10.2. The molecule has 0 saturated carbocycles. The Morgan fingerprint density at radius 1 is 1.17 bits per heavy atom. The Morgan fingerprint density at radius 2 is 1.92 bits per heavy atom. The summed E-state index contributed by atoms with van der Waals surface area (Å²) in [4.78, 5) is 3.00. The summed E-state index contributed by atoms with van der Waals surface area (Å²) < 4.78 is 0. The van der Waals surface area contributed by atoms with Crippen molar-refractivity contribution < 1.29 is 5.11 Å². The van der Waals surface area contributed by atoms with Crippen LogP contribution in [0.1, 0.15) is 13.8 Å². The van der Waals surface area contributed by atoms with Gasteiger partial charge in [0.15, 0.2) is 0 Å². The first-order valence-electron chi connectivity index (χ1n) is 4.13. The molecule has 64 valence electrons. The van der Waals surface area contributed by atoms with Crippen molar-refractivity contribution in [1.29, 1.82) is 0 Å². The average molecular weight is 163 g/mol.